The summed E-state index contributed by atoms with van der Waals surface area (Å²) in [5.74, 6) is -3.51. The molecule has 3 N–H and O–H groups in total. The predicted octanol–water partition coefficient (Wildman–Crippen LogP) is 3.78. The molecule has 0 aliphatic rings. The van der Waals surface area contributed by atoms with E-state index in [1.807, 2.05) is 0 Å². The van der Waals surface area contributed by atoms with Gasteiger partial charge in [-0.25, -0.2) is 9.37 Å². The van der Waals surface area contributed by atoms with Crippen LogP contribution in [0.4, 0.5) is 17.6 Å². The fourth-order valence-corrected chi connectivity index (χ4v) is 3.53. The number of ether oxygens (including phenoxy) is 1. The number of halogens is 4. The van der Waals surface area contributed by atoms with E-state index in [1.54, 1.807) is 18.2 Å². The van der Waals surface area contributed by atoms with Crippen LogP contribution >= 0.6 is 0 Å². The largest absolute Gasteiger partial charge is 0.573 e. The van der Waals surface area contributed by atoms with Crippen molar-refractivity contribution in [1.29, 1.82) is 0 Å². The molecule has 1 amide bonds. The van der Waals surface area contributed by atoms with Crippen LogP contribution in [0.2, 0.25) is 0 Å². The number of benzene rings is 1. The van der Waals surface area contributed by atoms with Gasteiger partial charge in [0.05, 0.1) is 29.2 Å². The number of nitrogens with zero attached hydrogens (tertiary/aromatic N) is 4. The first-order valence-corrected chi connectivity index (χ1v) is 10.4. The second-order valence-corrected chi connectivity index (χ2v) is 8.31. The van der Waals surface area contributed by atoms with Crippen molar-refractivity contribution in [2.45, 2.75) is 31.9 Å². The summed E-state index contributed by atoms with van der Waals surface area (Å²) in [6.07, 6.45) is -2.43. The molecule has 1 atom stereocenters. The first-order valence-electron chi connectivity index (χ1n) is 10.4. The van der Waals surface area contributed by atoms with Crippen molar-refractivity contribution in [3.63, 3.8) is 0 Å². The van der Waals surface area contributed by atoms with Gasteiger partial charge in [0.1, 0.15) is 5.56 Å². The van der Waals surface area contributed by atoms with Gasteiger partial charge in [-0.3, -0.25) is 9.78 Å². The predicted molar refractivity (Wildman–Crippen MR) is 117 cm³/mol. The topological polar surface area (TPSA) is 122 Å². The molecule has 0 spiro atoms. The molecular formula is C23H19F4N5O4. The third-order valence-electron chi connectivity index (χ3n) is 5.12. The number of nitrogens with one attached hydrogen (secondary N) is 1. The summed E-state index contributed by atoms with van der Waals surface area (Å²) in [6, 6.07) is 7.68. The maximum absolute atomic E-state index is 14.3. The van der Waals surface area contributed by atoms with Crippen molar-refractivity contribution in [3.8, 4) is 23.0 Å². The molecule has 4 rings (SSSR count). The van der Waals surface area contributed by atoms with Crippen LogP contribution in [0, 0.1) is 5.82 Å². The molecule has 13 heteroatoms. The van der Waals surface area contributed by atoms with Gasteiger partial charge in [0, 0.05) is 12.3 Å². The number of amides is 1. The number of aliphatic hydroxyl groups is 1. The van der Waals surface area contributed by atoms with Crippen LogP contribution in [0.25, 0.3) is 17.0 Å². The number of carbonyl (C=O) groups is 1. The minimum atomic E-state index is -5.09. The van der Waals surface area contributed by atoms with Crippen LogP contribution in [0.1, 0.15) is 35.8 Å². The Bertz CT molecular complexity index is 1420. The number of carbonyl (C=O) groups excluding carboxylic acids is 1. The van der Waals surface area contributed by atoms with Crippen LogP contribution in [-0.2, 0) is 0 Å². The Balaban J connectivity index is 1.69. The van der Waals surface area contributed by atoms with Gasteiger partial charge in [-0.1, -0.05) is 12.1 Å². The maximum Gasteiger partial charge on any atom is 0.573 e. The zero-order valence-corrected chi connectivity index (χ0v) is 18.8. The molecule has 0 bridgehead atoms. The van der Waals surface area contributed by atoms with E-state index >= 15 is 0 Å². The van der Waals surface area contributed by atoms with E-state index in [9.17, 15) is 32.6 Å². The van der Waals surface area contributed by atoms with Gasteiger partial charge in [-0.2, -0.15) is 9.61 Å². The lowest BCUT2D eigenvalue weighted by molar-refractivity contribution is -0.275. The number of aromatic nitrogens is 4. The van der Waals surface area contributed by atoms with Gasteiger partial charge >= 0.3 is 6.36 Å². The first-order chi connectivity index (χ1) is 16.8. The lowest BCUT2D eigenvalue weighted by Crippen LogP contribution is -2.42. The Kier molecular flexibility index (Phi) is 6.26. The summed E-state index contributed by atoms with van der Waals surface area (Å²) < 4.78 is 56.4. The van der Waals surface area contributed by atoms with Gasteiger partial charge in [-0.15, -0.1) is 13.2 Å². The van der Waals surface area contributed by atoms with Crippen LogP contribution in [0.3, 0.4) is 0 Å². The van der Waals surface area contributed by atoms with E-state index in [0.717, 1.165) is 28.9 Å². The summed E-state index contributed by atoms with van der Waals surface area (Å²) in [5.41, 5.74) is -1.13. The molecule has 36 heavy (non-hydrogen) atoms. The summed E-state index contributed by atoms with van der Waals surface area (Å²) >= 11 is 0. The molecule has 0 aliphatic heterocycles. The number of alkyl halides is 3. The van der Waals surface area contributed by atoms with Crippen LogP contribution in [-0.4, -0.2) is 47.7 Å². The summed E-state index contributed by atoms with van der Waals surface area (Å²) in [6.45, 7) is 2.66. The lowest BCUT2D eigenvalue weighted by atomic mass is 9.91. The fraction of sp³-hybridized carbons (Fsp3) is 0.217. The molecule has 0 fully saturated rings. The maximum atomic E-state index is 14.3. The molecule has 0 saturated heterocycles. The highest BCUT2D eigenvalue weighted by Crippen LogP contribution is 2.32. The number of fused-ring (bicyclic) bond motifs is 1. The zero-order valence-electron chi connectivity index (χ0n) is 18.8. The molecule has 9 nitrogen and oxygen atoms in total. The third kappa shape index (κ3) is 5.20. The van der Waals surface area contributed by atoms with E-state index in [0.29, 0.717) is 5.69 Å². The summed E-state index contributed by atoms with van der Waals surface area (Å²) in [4.78, 5) is 21.7. The van der Waals surface area contributed by atoms with Crippen LogP contribution in [0.5, 0.6) is 11.6 Å². The van der Waals surface area contributed by atoms with E-state index in [2.05, 4.69) is 25.1 Å². The number of rotatable bonds is 6. The standard InChI is InChI=1S/C23H19F4N5O4/c1-22(2,35)19(12-6-7-17(14(24)9-12)36-23(25,26)27)31-21(34)13-11-29-32-18(33)10-16(30-20(13)32)15-5-3-4-8-28-15/h3-11,19,33,35H,1-2H3,(H,31,34). The highest BCUT2D eigenvalue weighted by atomic mass is 19.4. The number of hydrogen-bond acceptors (Lipinski definition) is 7. The second-order valence-electron chi connectivity index (χ2n) is 8.31. The highest BCUT2D eigenvalue weighted by Gasteiger charge is 2.35. The summed E-state index contributed by atoms with van der Waals surface area (Å²) in [7, 11) is 0. The van der Waals surface area contributed by atoms with Crippen molar-refractivity contribution >= 4 is 11.6 Å². The molecule has 1 unspecified atom stereocenters. The Morgan fingerprint density at radius 3 is 2.50 bits per heavy atom. The molecule has 0 aliphatic carbocycles. The molecule has 4 aromatic rings. The lowest BCUT2D eigenvalue weighted by Gasteiger charge is -2.30. The zero-order chi connectivity index (χ0) is 26.3. The molecular weight excluding hydrogens is 486 g/mol. The minimum Gasteiger partial charge on any atom is -0.493 e. The molecule has 0 saturated carbocycles. The third-order valence-corrected chi connectivity index (χ3v) is 5.12. The van der Waals surface area contributed by atoms with Crippen molar-refractivity contribution in [1.82, 2.24) is 24.9 Å². The minimum absolute atomic E-state index is 0.0238. The van der Waals surface area contributed by atoms with Gasteiger partial charge in [-0.05, 0) is 43.7 Å². The molecule has 188 valence electrons. The summed E-state index contributed by atoms with van der Waals surface area (Å²) in [5, 5.41) is 27.5. The Labute approximate surface area is 201 Å². The Hall–Kier alpha value is -4.26. The van der Waals surface area contributed by atoms with Crippen molar-refractivity contribution in [2.24, 2.45) is 0 Å². The average Bonchev–Trinajstić information content (AvgIpc) is 3.22. The molecule has 0 radical (unpaired) electrons. The van der Waals surface area contributed by atoms with Crippen LogP contribution < -0.4 is 10.1 Å². The van der Waals surface area contributed by atoms with Crippen LogP contribution in [0.15, 0.2) is 54.9 Å². The number of hydrogen-bond donors (Lipinski definition) is 3. The van der Waals surface area contributed by atoms with Gasteiger partial charge in [0.25, 0.3) is 5.91 Å². The highest BCUT2D eigenvalue weighted by molar-refractivity contribution is 6.00. The van der Waals surface area contributed by atoms with Gasteiger partial charge in [0.15, 0.2) is 17.2 Å². The monoisotopic (exact) mass is 505 g/mol. The van der Waals surface area contributed by atoms with Gasteiger partial charge in [0.2, 0.25) is 5.88 Å². The van der Waals surface area contributed by atoms with E-state index in [1.165, 1.54) is 26.1 Å². The van der Waals surface area contributed by atoms with E-state index < -0.39 is 35.5 Å². The molecule has 1 aromatic carbocycles. The molecule has 3 aromatic heterocycles. The average molecular weight is 505 g/mol. The smallest absolute Gasteiger partial charge is 0.493 e. The van der Waals surface area contributed by atoms with E-state index in [-0.39, 0.29) is 28.3 Å². The number of pyridine rings is 1. The second kappa shape index (κ2) is 9.07. The van der Waals surface area contributed by atoms with Crippen molar-refractivity contribution in [2.75, 3.05) is 0 Å². The SMILES string of the molecule is CC(C)(O)C(NC(=O)c1cnn2c(O)cc(-c3ccccn3)nc12)c1ccc(OC(F)(F)F)c(F)c1. The molecule has 3 heterocycles. The van der Waals surface area contributed by atoms with Crippen molar-refractivity contribution in [3.05, 3.63) is 71.8 Å². The normalized spacial score (nSPS) is 13.0. The van der Waals surface area contributed by atoms with E-state index in [4.69, 9.17) is 0 Å². The quantitative estimate of drug-likeness (QED) is 0.341. The first kappa shape index (κ1) is 24.9. The van der Waals surface area contributed by atoms with Crippen molar-refractivity contribution < 1.29 is 37.3 Å². The Morgan fingerprint density at radius 2 is 1.89 bits per heavy atom. The fourth-order valence-electron chi connectivity index (χ4n) is 3.53. The number of aromatic hydroxyl groups is 1. The van der Waals surface area contributed by atoms with Gasteiger partial charge < -0.3 is 20.3 Å². The Morgan fingerprint density at radius 1 is 1.14 bits per heavy atom.